The van der Waals surface area contributed by atoms with Gasteiger partial charge >= 0.3 is 0 Å². The summed E-state index contributed by atoms with van der Waals surface area (Å²) in [5.74, 6) is 0.00839. The van der Waals surface area contributed by atoms with Crippen LogP contribution in [-0.2, 0) is 9.59 Å². The summed E-state index contributed by atoms with van der Waals surface area (Å²) in [5, 5.41) is 6.35. The number of thiophene rings is 1. The van der Waals surface area contributed by atoms with Crippen LogP contribution >= 0.6 is 23.1 Å². The van der Waals surface area contributed by atoms with E-state index in [1.165, 1.54) is 4.88 Å². The molecule has 2 N–H and O–H groups in total. The van der Waals surface area contributed by atoms with Crippen molar-refractivity contribution in [1.82, 2.24) is 10.3 Å². The number of thioether (sulfide) groups is 1. The molecule has 0 spiro atoms. The predicted octanol–water partition coefficient (Wildman–Crippen LogP) is 5.42. The van der Waals surface area contributed by atoms with Crippen molar-refractivity contribution >= 4 is 40.6 Å². The third-order valence-electron chi connectivity index (χ3n) is 5.74. The number of allylic oxidation sites excluding steroid dienone is 3. The summed E-state index contributed by atoms with van der Waals surface area (Å²) in [7, 11) is 0. The van der Waals surface area contributed by atoms with Crippen LogP contribution in [0.4, 0.5) is 5.82 Å². The standard InChI is InChI=1S/C24H27N3O2S2/c1-13-10-15(23(30-5)31-13)20-19(22(29)27-18-8-6-7-9-25-18)14(2)26-16-11-24(3,4)12-17(28)21(16)20/h6-10,20,26H,11-12H2,1-5H3,(H,25,27,29). The molecule has 2 aromatic rings. The molecule has 31 heavy (non-hydrogen) atoms. The molecule has 1 aliphatic carbocycles. The highest BCUT2D eigenvalue weighted by molar-refractivity contribution is 8.00. The van der Waals surface area contributed by atoms with E-state index < -0.39 is 0 Å². The highest BCUT2D eigenvalue weighted by atomic mass is 32.2. The van der Waals surface area contributed by atoms with Gasteiger partial charge in [0.1, 0.15) is 5.82 Å². The number of aryl methyl sites for hydroxylation is 1. The van der Waals surface area contributed by atoms with Crippen molar-refractivity contribution in [2.45, 2.75) is 50.7 Å². The number of ketones is 1. The molecule has 5 nitrogen and oxygen atoms in total. The van der Waals surface area contributed by atoms with E-state index >= 15 is 0 Å². The van der Waals surface area contributed by atoms with Crippen LogP contribution in [0, 0.1) is 12.3 Å². The zero-order chi connectivity index (χ0) is 22.3. The van der Waals surface area contributed by atoms with Crippen LogP contribution < -0.4 is 10.6 Å². The molecule has 0 radical (unpaired) electrons. The van der Waals surface area contributed by atoms with Gasteiger partial charge in [-0.1, -0.05) is 19.9 Å². The zero-order valence-corrected chi connectivity index (χ0v) is 20.1. The fourth-order valence-electron chi connectivity index (χ4n) is 4.54. The molecule has 7 heteroatoms. The maximum Gasteiger partial charge on any atom is 0.255 e. The number of dihydropyridines is 1. The number of anilines is 1. The van der Waals surface area contributed by atoms with Crippen LogP contribution in [0.25, 0.3) is 0 Å². The summed E-state index contributed by atoms with van der Waals surface area (Å²) >= 11 is 3.38. The van der Waals surface area contributed by atoms with E-state index in [1.54, 1.807) is 35.4 Å². The second-order valence-electron chi connectivity index (χ2n) is 8.90. The first-order valence-electron chi connectivity index (χ1n) is 10.3. The number of amides is 1. The van der Waals surface area contributed by atoms with Gasteiger partial charge in [0.05, 0.1) is 4.21 Å². The van der Waals surface area contributed by atoms with Crippen LogP contribution in [0.5, 0.6) is 0 Å². The lowest BCUT2D eigenvalue weighted by molar-refractivity contribution is -0.118. The number of nitrogens with zero attached hydrogens (tertiary/aromatic N) is 1. The molecule has 162 valence electrons. The average molecular weight is 454 g/mol. The van der Waals surface area contributed by atoms with Gasteiger partial charge in [-0.3, -0.25) is 9.59 Å². The van der Waals surface area contributed by atoms with Crippen molar-refractivity contribution in [2.24, 2.45) is 5.41 Å². The quantitative estimate of drug-likeness (QED) is 0.605. The highest BCUT2D eigenvalue weighted by Gasteiger charge is 2.43. The van der Waals surface area contributed by atoms with Crippen LogP contribution in [0.15, 0.2) is 57.2 Å². The maximum absolute atomic E-state index is 13.5. The summed E-state index contributed by atoms with van der Waals surface area (Å²) in [4.78, 5) is 32.3. The first-order chi connectivity index (χ1) is 14.7. The monoisotopic (exact) mass is 453 g/mol. The average Bonchev–Trinajstić information content (AvgIpc) is 3.07. The Morgan fingerprint density at radius 1 is 1.29 bits per heavy atom. The lowest BCUT2D eigenvalue weighted by Crippen LogP contribution is -2.39. The van der Waals surface area contributed by atoms with E-state index in [4.69, 9.17) is 0 Å². The first-order valence-corrected chi connectivity index (χ1v) is 12.3. The van der Waals surface area contributed by atoms with E-state index in [0.29, 0.717) is 17.8 Å². The number of pyridine rings is 1. The zero-order valence-electron chi connectivity index (χ0n) is 18.5. The van der Waals surface area contributed by atoms with Crippen LogP contribution in [0.2, 0.25) is 0 Å². The predicted molar refractivity (Wildman–Crippen MR) is 127 cm³/mol. The molecule has 0 bridgehead atoms. The highest BCUT2D eigenvalue weighted by Crippen LogP contribution is 2.49. The minimum atomic E-state index is -0.379. The van der Waals surface area contributed by atoms with Gasteiger partial charge in [-0.2, -0.15) is 0 Å². The van der Waals surface area contributed by atoms with Crippen molar-refractivity contribution in [3.63, 3.8) is 0 Å². The fraction of sp³-hybridized carbons (Fsp3) is 0.375. The number of Topliss-reactive ketones (excluding diaryl/α,β-unsaturated/α-hetero) is 1. The van der Waals surface area contributed by atoms with Crippen LogP contribution in [0.3, 0.4) is 0 Å². The summed E-state index contributed by atoms with van der Waals surface area (Å²) in [6, 6.07) is 7.54. The van der Waals surface area contributed by atoms with Crippen molar-refractivity contribution in [3.8, 4) is 0 Å². The van der Waals surface area contributed by atoms with E-state index in [-0.39, 0.29) is 23.0 Å². The lowest BCUT2D eigenvalue weighted by Gasteiger charge is -2.39. The van der Waals surface area contributed by atoms with E-state index in [1.807, 2.05) is 25.3 Å². The first kappa shape index (κ1) is 21.8. The molecule has 0 saturated heterocycles. The lowest BCUT2D eigenvalue weighted by atomic mass is 9.69. The smallest absolute Gasteiger partial charge is 0.255 e. The maximum atomic E-state index is 13.5. The molecule has 3 heterocycles. The molecule has 1 unspecified atom stereocenters. The van der Waals surface area contributed by atoms with Gasteiger partial charge in [0, 0.05) is 46.0 Å². The summed E-state index contributed by atoms with van der Waals surface area (Å²) in [6.45, 7) is 8.24. The Balaban J connectivity index is 1.85. The molecule has 1 amide bonds. The van der Waals surface area contributed by atoms with Gasteiger partial charge in [-0.25, -0.2) is 4.98 Å². The molecule has 4 rings (SSSR count). The minimum absolute atomic E-state index is 0.103. The van der Waals surface area contributed by atoms with E-state index in [2.05, 4.69) is 42.5 Å². The number of hydrogen-bond donors (Lipinski definition) is 2. The summed E-state index contributed by atoms with van der Waals surface area (Å²) in [6.07, 6.45) is 4.96. The normalized spacial score (nSPS) is 20.4. The largest absolute Gasteiger partial charge is 0.362 e. The number of carbonyl (C=O) groups is 2. The number of rotatable bonds is 4. The van der Waals surface area contributed by atoms with Gasteiger partial charge in [0.25, 0.3) is 5.91 Å². The summed E-state index contributed by atoms with van der Waals surface area (Å²) < 4.78 is 1.14. The Morgan fingerprint density at radius 2 is 2.06 bits per heavy atom. The van der Waals surface area contributed by atoms with Gasteiger partial charge < -0.3 is 10.6 Å². The summed E-state index contributed by atoms with van der Waals surface area (Å²) in [5.41, 5.74) is 4.01. The third-order valence-corrected chi connectivity index (χ3v) is 7.95. The molecule has 0 fully saturated rings. The van der Waals surface area contributed by atoms with Gasteiger partial charge in [-0.05, 0) is 55.7 Å². The van der Waals surface area contributed by atoms with Crippen molar-refractivity contribution in [3.05, 3.63) is 63.4 Å². The molecule has 1 atom stereocenters. The number of aromatic nitrogens is 1. The van der Waals surface area contributed by atoms with Gasteiger partial charge in [0.15, 0.2) is 5.78 Å². The minimum Gasteiger partial charge on any atom is -0.362 e. The van der Waals surface area contributed by atoms with Crippen molar-refractivity contribution < 1.29 is 9.59 Å². The number of carbonyl (C=O) groups excluding carboxylic acids is 2. The molecular weight excluding hydrogens is 426 g/mol. The Hall–Kier alpha value is -2.38. The molecule has 1 aliphatic heterocycles. The molecule has 2 aliphatic rings. The second kappa shape index (κ2) is 8.28. The fourth-order valence-corrected chi connectivity index (χ4v) is 6.45. The van der Waals surface area contributed by atoms with E-state index in [9.17, 15) is 9.59 Å². The molecule has 2 aromatic heterocycles. The Morgan fingerprint density at radius 3 is 2.74 bits per heavy atom. The molecular formula is C24H27N3O2S2. The number of nitrogens with one attached hydrogen (secondary N) is 2. The van der Waals surface area contributed by atoms with Gasteiger partial charge in [0.2, 0.25) is 0 Å². The van der Waals surface area contributed by atoms with E-state index in [0.717, 1.165) is 33.2 Å². The van der Waals surface area contributed by atoms with Crippen molar-refractivity contribution in [2.75, 3.05) is 11.6 Å². The topological polar surface area (TPSA) is 71.1 Å². The Kier molecular flexibility index (Phi) is 5.83. The van der Waals surface area contributed by atoms with Crippen LogP contribution in [0.1, 0.15) is 50.0 Å². The van der Waals surface area contributed by atoms with Crippen molar-refractivity contribution in [1.29, 1.82) is 0 Å². The van der Waals surface area contributed by atoms with Crippen LogP contribution in [-0.4, -0.2) is 22.9 Å². The Labute approximate surface area is 191 Å². The second-order valence-corrected chi connectivity index (χ2v) is 11.2. The number of hydrogen-bond acceptors (Lipinski definition) is 6. The SMILES string of the molecule is CSc1sc(C)cc1C1C(C(=O)Nc2ccccn2)=C(C)NC2=C1C(=O)CC(C)(C)C2. The Bertz CT molecular complexity index is 1110. The molecule has 0 saturated carbocycles. The molecule has 0 aromatic carbocycles. The third kappa shape index (κ3) is 4.21. The van der Waals surface area contributed by atoms with Gasteiger partial charge in [-0.15, -0.1) is 23.1 Å².